The van der Waals surface area contributed by atoms with Gasteiger partial charge in [-0.25, -0.2) is 4.39 Å². The molecule has 0 spiro atoms. The predicted octanol–water partition coefficient (Wildman–Crippen LogP) is 4.40. The molecule has 0 fully saturated rings. The van der Waals surface area contributed by atoms with Crippen molar-refractivity contribution in [3.05, 3.63) is 59.4 Å². The van der Waals surface area contributed by atoms with Crippen molar-refractivity contribution in [2.75, 3.05) is 11.9 Å². The number of aliphatic hydroxyl groups excluding tert-OH is 1. The van der Waals surface area contributed by atoms with Crippen molar-refractivity contribution in [2.24, 2.45) is 0 Å². The Morgan fingerprint density at radius 2 is 1.93 bits per heavy atom. The fourth-order valence-electron chi connectivity index (χ4n) is 2.79. The van der Waals surface area contributed by atoms with Gasteiger partial charge in [0.2, 0.25) is 0 Å². The summed E-state index contributed by atoms with van der Waals surface area (Å²) < 4.78 is 18.8. The minimum atomic E-state index is -0.600. The maximum Gasteiger partial charge on any atom is 0.326 e. The van der Waals surface area contributed by atoms with E-state index in [1.807, 2.05) is 18.2 Å². The summed E-state index contributed by atoms with van der Waals surface area (Å²) in [6.45, 7) is 1.92. The van der Waals surface area contributed by atoms with E-state index in [1.54, 1.807) is 13.0 Å². The van der Waals surface area contributed by atoms with Crippen LogP contribution in [-0.2, 0) is 0 Å². The molecule has 2 aromatic carbocycles. The Bertz CT molecular complexity index is 1150. The standard InChI is InChI=1S/C20H17ClFN5O2/c1-11(28)10-23-18-16-17(14-4-2-3-5-15(14)21)26-27-19(16)25-20(24-18)29-13-8-6-12(22)7-9-13/h2-9,11,28H,10H2,1H3,(H2,23,24,25,26,27)/t11-/m0/s1. The van der Waals surface area contributed by atoms with Crippen LogP contribution in [0.2, 0.25) is 5.02 Å². The van der Waals surface area contributed by atoms with Crippen molar-refractivity contribution in [1.29, 1.82) is 0 Å². The fraction of sp³-hybridized carbons (Fsp3) is 0.150. The Labute approximate surface area is 170 Å². The van der Waals surface area contributed by atoms with Crippen LogP contribution in [0.25, 0.3) is 22.3 Å². The highest BCUT2D eigenvalue weighted by molar-refractivity contribution is 6.33. The second kappa shape index (κ2) is 8.02. The number of aliphatic hydroxyl groups is 1. The van der Waals surface area contributed by atoms with E-state index in [0.29, 0.717) is 33.3 Å². The summed E-state index contributed by atoms with van der Waals surface area (Å²) in [6, 6.07) is 12.9. The normalized spacial score (nSPS) is 12.1. The van der Waals surface area contributed by atoms with Gasteiger partial charge in [-0.05, 0) is 37.3 Å². The van der Waals surface area contributed by atoms with Crippen LogP contribution in [0.5, 0.6) is 11.8 Å². The summed E-state index contributed by atoms with van der Waals surface area (Å²) in [7, 11) is 0. The molecule has 148 valence electrons. The van der Waals surface area contributed by atoms with E-state index in [1.165, 1.54) is 24.3 Å². The average Bonchev–Trinajstić information content (AvgIpc) is 3.12. The van der Waals surface area contributed by atoms with Crippen LogP contribution in [0.3, 0.4) is 0 Å². The molecule has 0 aliphatic carbocycles. The second-order valence-electron chi connectivity index (χ2n) is 6.42. The van der Waals surface area contributed by atoms with Crippen LogP contribution in [0, 0.1) is 5.82 Å². The van der Waals surface area contributed by atoms with Crippen molar-refractivity contribution in [3.8, 4) is 23.0 Å². The smallest absolute Gasteiger partial charge is 0.326 e. The quantitative estimate of drug-likeness (QED) is 0.433. The number of anilines is 1. The Morgan fingerprint density at radius 3 is 2.66 bits per heavy atom. The molecule has 7 nitrogen and oxygen atoms in total. The van der Waals surface area contributed by atoms with Gasteiger partial charge in [0.15, 0.2) is 5.65 Å². The highest BCUT2D eigenvalue weighted by atomic mass is 35.5. The maximum atomic E-state index is 13.1. The second-order valence-corrected chi connectivity index (χ2v) is 6.82. The van der Waals surface area contributed by atoms with Crippen molar-refractivity contribution in [2.45, 2.75) is 13.0 Å². The van der Waals surface area contributed by atoms with E-state index in [-0.39, 0.29) is 18.4 Å². The van der Waals surface area contributed by atoms with Crippen LogP contribution >= 0.6 is 11.6 Å². The average molecular weight is 414 g/mol. The molecule has 1 atom stereocenters. The number of ether oxygens (including phenoxy) is 1. The first-order valence-corrected chi connectivity index (χ1v) is 9.25. The number of nitrogens with zero attached hydrogens (tertiary/aromatic N) is 3. The van der Waals surface area contributed by atoms with Gasteiger partial charge in [-0.15, -0.1) is 0 Å². The molecule has 4 rings (SSSR count). The minimum Gasteiger partial charge on any atom is -0.424 e. The van der Waals surface area contributed by atoms with Crippen molar-refractivity contribution < 1.29 is 14.2 Å². The summed E-state index contributed by atoms with van der Waals surface area (Å²) in [4.78, 5) is 8.77. The maximum absolute atomic E-state index is 13.1. The number of aromatic nitrogens is 4. The third kappa shape index (κ3) is 4.13. The van der Waals surface area contributed by atoms with Crippen LogP contribution in [0.15, 0.2) is 48.5 Å². The van der Waals surface area contributed by atoms with E-state index in [2.05, 4.69) is 25.5 Å². The SMILES string of the molecule is C[C@H](O)CNc1nc(Oc2ccc(F)cc2)nc2n[nH]c(-c3ccccc3Cl)c12. The number of H-pyrrole nitrogens is 1. The van der Waals surface area contributed by atoms with Gasteiger partial charge in [0, 0.05) is 17.1 Å². The molecule has 0 bridgehead atoms. The van der Waals surface area contributed by atoms with Crippen molar-refractivity contribution in [1.82, 2.24) is 20.2 Å². The third-order valence-corrected chi connectivity index (χ3v) is 4.45. The summed E-state index contributed by atoms with van der Waals surface area (Å²) in [5, 5.41) is 21.2. The molecule has 0 aliphatic rings. The zero-order chi connectivity index (χ0) is 20.4. The zero-order valence-electron chi connectivity index (χ0n) is 15.4. The topological polar surface area (TPSA) is 95.9 Å². The fourth-order valence-corrected chi connectivity index (χ4v) is 3.02. The molecule has 29 heavy (non-hydrogen) atoms. The lowest BCUT2D eigenvalue weighted by atomic mass is 10.1. The van der Waals surface area contributed by atoms with Crippen LogP contribution in [0.1, 0.15) is 6.92 Å². The Kier molecular flexibility index (Phi) is 5.28. The van der Waals surface area contributed by atoms with Crippen LogP contribution < -0.4 is 10.1 Å². The first-order valence-electron chi connectivity index (χ1n) is 8.87. The van der Waals surface area contributed by atoms with E-state index >= 15 is 0 Å². The van der Waals surface area contributed by atoms with Crippen LogP contribution in [0.4, 0.5) is 10.2 Å². The summed E-state index contributed by atoms with van der Waals surface area (Å²) in [5.41, 5.74) is 1.75. The molecule has 9 heteroatoms. The largest absolute Gasteiger partial charge is 0.424 e. The van der Waals surface area contributed by atoms with Gasteiger partial charge >= 0.3 is 6.01 Å². The van der Waals surface area contributed by atoms with Gasteiger partial charge in [-0.2, -0.15) is 15.1 Å². The molecule has 0 saturated carbocycles. The highest BCUT2D eigenvalue weighted by Gasteiger charge is 2.19. The van der Waals surface area contributed by atoms with E-state index in [9.17, 15) is 9.50 Å². The number of fused-ring (bicyclic) bond motifs is 1. The molecule has 2 heterocycles. The van der Waals surface area contributed by atoms with Crippen LogP contribution in [-0.4, -0.2) is 37.9 Å². The number of nitrogens with one attached hydrogen (secondary N) is 2. The number of benzene rings is 2. The molecule has 0 saturated heterocycles. The molecule has 0 aliphatic heterocycles. The van der Waals surface area contributed by atoms with Gasteiger partial charge in [-0.3, -0.25) is 5.10 Å². The highest BCUT2D eigenvalue weighted by Crippen LogP contribution is 2.35. The Morgan fingerprint density at radius 1 is 1.17 bits per heavy atom. The van der Waals surface area contributed by atoms with Gasteiger partial charge in [0.25, 0.3) is 0 Å². The molecule has 0 unspecified atom stereocenters. The summed E-state index contributed by atoms with van der Waals surface area (Å²) in [6.07, 6.45) is -0.600. The van der Waals surface area contributed by atoms with E-state index in [0.717, 1.165) is 5.56 Å². The van der Waals surface area contributed by atoms with Gasteiger partial charge in [0.1, 0.15) is 17.4 Å². The Balaban J connectivity index is 1.80. The van der Waals surface area contributed by atoms with E-state index < -0.39 is 6.10 Å². The lowest BCUT2D eigenvalue weighted by Crippen LogP contribution is -2.16. The molecule has 3 N–H and O–H groups in total. The number of aromatic amines is 1. The zero-order valence-corrected chi connectivity index (χ0v) is 16.1. The van der Waals surface area contributed by atoms with Crippen molar-refractivity contribution >= 4 is 28.5 Å². The summed E-state index contributed by atoms with van der Waals surface area (Å²) >= 11 is 6.34. The van der Waals surface area contributed by atoms with Gasteiger partial charge in [-0.1, -0.05) is 29.8 Å². The monoisotopic (exact) mass is 413 g/mol. The molecule has 0 amide bonds. The number of hydrogen-bond acceptors (Lipinski definition) is 6. The first-order chi connectivity index (χ1) is 14.0. The lowest BCUT2D eigenvalue weighted by Gasteiger charge is -2.11. The first kappa shape index (κ1) is 19.1. The van der Waals surface area contributed by atoms with Crippen molar-refractivity contribution in [3.63, 3.8) is 0 Å². The number of hydrogen-bond donors (Lipinski definition) is 3. The lowest BCUT2D eigenvalue weighted by molar-refractivity contribution is 0.208. The number of halogens is 2. The molecular weight excluding hydrogens is 397 g/mol. The minimum absolute atomic E-state index is 0.0365. The molecule has 0 radical (unpaired) electrons. The predicted molar refractivity (Wildman–Crippen MR) is 109 cm³/mol. The molecule has 2 aromatic heterocycles. The van der Waals surface area contributed by atoms with Gasteiger partial charge in [0.05, 0.1) is 17.2 Å². The third-order valence-electron chi connectivity index (χ3n) is 4.12. The number of rotatable bonds is 6. The van der Waals surface area contributed by atoms with E-state index in [4.69, 9.17) is 16.3 Å². The Hall–Kier alpha value is -3.23. The van der Waals surface area contributed by atoms with Gasteiger partial charge < -0.3 is 15.2 Å². The molecule has 4 aromatic rings. The molecular formula is C20H17ClFN5O2. The summed E-state index contributed by atoms with van der Waals surface area (Å²) in [5.74, 6) is 0.440.